The molecule has 21 heavy (non-hydrogen) atoms. The average Bonchev–Trinajstić information content (AvgIpc) is 2.52. The second-order valence-electron chi connectivity index (χ2n) is 4.20. The fraction of sp³-hybridized carbons (Fsp3) is 0.200. The molecule has 2 rings (SSSR count). The van der Waals surface area contributed by atoms with Gasteiger partial charge in [0.25, 0.3) is 0 Å². The number of carbonyl (C=O) groups is 1. The lowest BCUT2D eigenvalue weighted by Gasteiger charge is -2.20. The number of pyridine rings is 1. The van der Waals surface area contributed by atoms with Crippen LogP contribution in [0.25, 0.3) is 0 Å². The van der Waals surface area contributed by atoms with Crippen molar-refractivity contribution in [2.75, 3.05) is 25.2 Å². The lowest BCUT2D eigenvalue weighted by atomic mass is 10.3. The molecule has 6 heteroatoms. The molecule has 2 aromatic rings. The van der Waals surface area contributed by atoms with Gasteiger partial charge in [-0.1, -0.05) is 12.1 Å². The standard InChI is InChI=1S/C15H17N3O3/c1-20-13-6-2-3-7-14(13)21-10-9-18(15(16)19)12-5-4-8-17-11-12/h2-8,11H,9-10H2,1H3,(H2,16,19). The average molecular weight is 287 g/mol. The number of para-hydroxylation sites is 2. The van der Waals surface area contributed by atoms with Crippen molar-refractivity contribution in [3.63, 3.8) is 0 Å². The van der Waals surface area contributed by atoms with Crippen molar-refractivity contribution in [3.8, 4) is 11.5 Å². The van der Waals surface area contributed by atoms with E-state index in [-0.39, 0.29) is 6.61 Å². The first-order valence-corrected chi connectivity index (χ1v) is 6.45. The van der Waals surface area contributed by atoms with Crippen LogP contribution in [0.4, 0.5) is 10.5 Å². The normalized spacial score (nSPS) is 9.95. The minimum absolute atomic E-state index is 0.290. The van der Waals surface area contributed by atoms with Crippen molar-refractivity contribution in [1.82, 2.24) is 4.98 Å². The Kier molecular flexibility index (Phi) is 4.98. The highest BCUT2D eigenvalue weighted by molar-refractivity contribution is 5.90. The molecule has 0 unspecified atom stereocenters. The number of benzene rings is 1. The van der Waals surface area contributed by atoms with Gasteiger partial charge in [0.1, 0.15) is 6.61 Å². The summed E-state index contributed by atoms with van der Waals surface area (Å²) < 4.78 is 10.8. The molecule has 0 saturated carbocycles. The third kappa shape index (κ3) is 3.85. The number of nitrogens with two attached hydrogens (primary N) is 1. The Morgan fingerprint density at radius 1 is 1.24 bits per heavy atom. The summed E-state index contributed by atoms with van der Waals surface area (Å²) in [5.74, 6) is 1.26. The van der Waals surface area contributed by atoms with Gasteiger partial charge in [0, 0.05) is 6.20 Å². The molecule has 0 spiro atoms. The Hall–Kier alpha value is -2.76. The summed E-state index contributed by atoms with van der Waals surface area (Å²) in [4.78, 5) is 16.9. The first-order chi connectivity index (χ1) is 10.2. The quantitative estimate of drug-likeness (QED) is 0.882. The molecule has 1 heterocycles. The summed E-state index contributed by atoms with van der Waals surface area (Å²) in [6.45, 7) is 0.608. The number of methoxy groups -OCH3 is 1. The molecule has 0 aliphatic heterocycles. The third-order valence-corrected chi connectivity index (χ3v) is 2.87. The lowest BCUT2D eigenvalue weighted by molar-refractivity contribution is 0.250. The van der Waals surface area contributed by atoms with Gasteiger partial charge in [-0.25, -0.2) is 4.79 Å². The van der Waals surface area contributed by atoms with E-state index in [1.807, 2.05) is 18.2 Å². The van der Waals surface area contributed by atoms with Crippen LogP contribution in [-0.4, -0.2) is 31.3 Å². The number of hydrogen-bond acceptors (Lipinski definition) is 4. The summed E-state index contributed by atoms with van der Waals surface area (Å²) in [5.41, 5.74) is 6.02. The molecule has 0 saturated heterocycles. The maximum atomic E-state index is 11.5. The SMILES string of the molecule is COc1ccccc1OCCN(C(N)=O)c1cccnc1. The van der Waals surface area contributed by atoms with Gasteiger partial charge < -0.3 is 15.2 Å². The first-order valence-electron chi connectivity index (χ1n) is 6.45. The van der Waals surface area contributed by atoms with Gasteiger partial charge >= 0.3 is 6.03 Å². The van der Waals surface area contributed by atoms with Crippen LogP contribution in [0.15, 0.2) is 48.8 Å². The van der Waals surface area contributed by atoms with E-state index in [4.69, 9.17) is 15.2 Å². The monoisotopic (exact) mass is 287 g/mol. The molecule has 1 aromatic carbocycles. The molecular formula is C15H17N3O3. The third-order valence-electron chi connectivity index (χ3n) is 2.87. The van der Waals surface area contributed by atoms with Gasteiger partial charge in [-0.3, -0.25) is 9.88 Å². The number of urea groups is 1. The minimum atomic E-state index is -0.549. The summed E-state index contributed by atoms with van der Waals surface area (Å²) >= 11 is 0. The Morgan fingerprint density at radius 3 is 2.62 bits per heavy atom. The topological polar surface area (TPSA) is 77.7 Å². The number of nitrogens with zero attached hydrogens (tertiary/aromatic N) is 2. The predicted octanol–water partition coefficient (Wildman–Crippen LogP) is 2.05. The van der Waals surface area contributed by atoms with E-state index < -0.39 is 6.03 Å². The molecule has 2 N–H and O–H groups in total. The Morgan fingerprint density at radius 2 is 2.00 bits per heavy atom. The van der Waals surface area contributed by atoms with Crippen LogP contribution in [0.1, 0.15) is 0 Å². The molecule has 0 radical (unpaired) electrons. The van der Waals surface area contributed by atoms with E-state index in [9.17, 15) is 4.79 Å². The zero-order valence-electron chi connectivity index (χ0n) is 11.7. The summed E-state index contributed by atoms with van der Waals surface area (Å²) in [6, 6.07) is 10.3. The number of anilines is 1. The highest BCUT2D eigenvalue weighted by Crippen LogP contribution is 2.25. The maximum Gasteiger partial charge on any atom is 0.319 e. The van der Waals surface area contributed by atoms with Gasteiger partial charge in [-0.15, -0.1) is 0 Å². The Bertz CT molecular complexity index is 590. The smallest absolute Gasteiger partial charge is 0.319 e. The van der Waals surface area contributed by atoms with Crippen LogP contribution in [0.2, 0.25) is 0 Å². The maximum absolute atomic E-state index is 11.5. The number of hydrogen-bond donors (Lipinski definition) is 1. The summed E-state index contributed by atoms with van der Waals surface area (Å²) in [7, 11) is 1.58. The molecule has 2 amide bonds. The zero-order chi connectivity index (χ0) is 15.1. The van der Waals surface area contributed by atoms with Crippen molar-refractivity contribution in [3.05, 3.63) is 48.8 Å². The van der Waals surface area contributed by atoms with Gasteiger partial charge in [-0.2, -0.15) is 0 Å². The van der Waals surface area contributed by atoms with Crippen LogP contribution in [0, 0.1) is 0 Å². The van der Waals surface area contributed by atoms with Crippen molar-refractivity contribution in [2.45, 2.75) is 0 Å². The second-order valence-corrected chi connectivity index (χ2v) is 4.20. The van der Waals surface area contributed by atoms with Crippen molar-refractivity contribution in [2.24, 2.45) is 5.73 Å². The molecular weight excluding hydrogens is 270 g/mol. The number of amides is 2. The van der Waals surface area contributed by atoms with Crippen molar-refractivity contribution in [1.29, 1.82) is 0 Å². The van der Waals surface area contributed by atoms with Crippen LogP contribution < -0.4 is 20.1 Å². The molecule has 0 aliphatic carbocycles. The van der Waals surface area contributed by atoms with Crippen LogP contribution in [0.5, 0.6) is 11.5 Å². The minimum Gasteiger partial charge on any atom is -0.493 e. The highest BCUT2D eigenvalue weighted by Gasteiger charge is 2.12. The lowest BCUT2D eigenvalue weighted by Crippen LogP contribution is -2.38. The molecule has 0 fully saturated rings. The zero-order valence-corrected chi connectivity index (χ0v) is 11.7. The van der Waals surface area contributed by atoms with Crippen LogP contribution >= 0.6 is 0 Å². The van der Waals surface area contributed by atoms with E-state index in [0.717, 1.165) is 0 Å². The van der Waals surface area contributed by atoms with Crippen molar-refractivity contribution >= 4 is 11.7 Å². The first kappa shape index (κ1) is 14.6. The highest BCUT2D eigenvalue weighted by atomic mass is 16.5. The largest absolute Gasteiger partial charge is 0.493 e. The van der Waals surface area contributed by atoms with E-state index in [1.165, 1.54) is 4.90 Å². The van der Waals surface area contributed by atoms with Crippen LogP contribution in [0.3, 0.4) is 0 Å². The van der Waals surface area contributed by atoms with Gasteiger partial charge in [0.05, 0.1) is 25.5 Å². The van der Waals surface area contributed by atoms with E-state index in [2.05, 4.69) is 4.98 Å². The van der Waals surface area contributed by atoms with E-state index in [1.54, 1.807) is 37.7 Å². The molecule has 0 aliphatic rings. The predicted molar refractivity (Wildman–Crippen MR) is 79.7 cm³/mol. The number of primary amides is 1. The molecule has 0 atom stereocenters. The fourth-order valence-corrected chi connectivity index (χ4v) is 1.86. The Balaban J connectivity index is 1.99. The van der Waals surface area contributed by atoms with Gasteiger partial charge in [0.15, 0.2) is 11.5 Å². The summed E-state index contributed by atoms with van der Waals surface area (Å²) in [6.07, 6.45) is 3.21. The fourth-order valence-electron chi connectivity index (χ4n) is 1.86. The van der Waals surface area contributed by atoms with E-state index in [0.29, 0.717) is 23.7 Å². The number of aromatic nitrogens is 1. The van der Waals surface area contributed by atoms with Crippen molar-refractivity contribution < 1.29 is 14.3 Å². The number of ether oxygens (including phenoxy) is 2. The van der Waals surface area contributed by atoms with Crippen LogP contribution in [-0.2, 0) is 0 Å². The van der Waals surface area contributed by atoms with Gasteiger partial charge in [-0.05, 0) is 24.3 Å². The van der Waals surface area contributed by atoms with E-state index >= 15 is 0 Å². The molecule has 6 nitrogen and oxygen atoms in total. The van der Waals surface area contributed by atoms with Gasteiger partial charge in [0.2, 0.25) is 0 Å². The summed E-state index contributed by atoms with van der Waals surface area (Å²) in [5, 5.41) is 0. The number of carbonyl (C=O) groups excluding carboxylic acids is 1. The molecule has 1 aromatic heterocycles. The number of rotatable bonds is 6. The molecule has 0 bridgehead atoms. The Labute approximate surface area is 123 Å². The molecule has 110 valence electrons. The second kappa shape index (κ2) is 7.14.